The molecule has 0 radical (unpaired) electrons. The van der Waals surface area contributed by atoms with E-state index < -0.39 is 0 Å². The molecular weight excluding hydrogens is 707 g/mol. The van der Waals surface area contributed by atoms with E-state index in [1.165, 1.54) is 23.0 Å². The van der Waals surface area contributed by atoms with Crippen LogP contribution in [0.15, 0.2) is 109 Å². The number of aryl methyl sites for hydroxylation is 1. The average Bonchev–Trinajstić information content (AvgIpc) is 3.34. The lowest BCUT2D eigenvalue weighted by atomic mass is 9.83. The van der Waals surface area contributed by atoms with Crippen molar-refractivity contribution in [1.29, 1.82) is 0 Å². The van der Waals surface area contributed by atoms with E-state index in [-0.39, 0.29) is 24.0 Å². The van der Waals surface area contributed by atoms with Crippen LogP contribution in [0.1, 0.15) is 40.3 Å². The monoisotopic (exact) mass is 730 g/mol. The molecule has 5 aromatic rings. The fourth-order valence-corrected chi connectivity index (χ4v) is 7.69. The van der Waals surface area contributed by atoms with Crippen molar-refractivity contribution in [3.05, 3.63) is 153 Å². The molecule has 9 heteroatoms. The van der Waals surface area contributed by atoms with Gasteiger partial charge in [0.1, 0.15) is 12.4 Å². The number of thiazole rings is 1. The summed E-state index contributed by atoms with van der Waals surface area (Å²) in [5, 5.41) is 0. The van der Waals surface area contributed by atoms with E-state index >= 15 is 0 Å². The zero-order valence-electron chi connectivity index (χ0n) is 23.5. The molecule has 2 heterocycles. The summed E-state index contributed by atoms with van der Waals surface area (Å²) in [5.41, 5.74) is 6.68. The van der Waals surface area contributed by atoms with Crippen LogP contribution in [0.5, 0.6) is 11.5 Å². The fraction of sp³-hybridized carbons (Fsp3) is 0.143. The largest absolute Gasteiger partial charge is 0.493 e. The minimum Gasteiger partial charge on any atom is -0.493 e. The first-order valence-corrected chi connectivity index (χ1v) is 16.4. The Morgan fingerprint density at radius 3 is 2.59 bits per heavy atom. The molecule has 2 aliphatic rings. The number of hydrogen-bond acceptors (Lipinski definition) is 5. The summed E-state index contributed by atoms with van der Waals surface area (Å²) in [4.78, 5) is 19.9. The molecule has 1 aliphatic carbocycles. The number of halogens is 3. The summed E-state index contributed by atoms with van der Waals surface area (Å²) in [6, 6.07) is 26.5. The van der Waals surface area contributed by atoms with Crippen LogP contribution in [0.3, 0.4) is 0 Å². The fourth-order valence-electron chi connectivity index (χ4n) is 5.85. The van der Waals surface area contributed by atoms with Gasteiger partial charge in [-0.3, -0.25) is 9.36 Å². The van der Waals surface area contributed by atoms with Gasteiger partial charge in [-0.2, -0.15) is 0 Å². The highest BCUT2D eigenvalue weighted by Gasteiger charge is 2.32. The van der Waals surface area contributed by atoms with E-state index in [1.807, 2.05) is 41.0 Å². The maximum Gasteiger partial charge on any atom is 0.271 e. The van der Waals surface area contributed by atoms with Crippen molar-refractivity contribution < 1.29 is 13.9 Å². The Hall–Kier alpha value is -3.79. The van der Waals surface area contributed by atoms with Gasteiger partial charge in [0.05, 0.1) is 27.9 Å². The zero-order chi connectivity index (χ0) is 30.4. The van der Waals surface area contributed by atoms with Crippen molar-refractivity contribution in [2.75, 3.05) is 7.11 Å². The normalized spacial score (nSPS) is 15.7. The van der Waals surface area contributed by atoms with E-state index in [0.717, 1.165) is 45.3 Å². The Morgan fingerprint density at radius 2 is 1.80 bits per heavy atom. The minimum atomic E-state index is -0.332. The van der Waals surface area contributed by atoms with E-state index in [2.05, 4.69) is 62.2 Å². The number of aromatic nitrogens is 1. The minimum absolute atomic E-state index is 0.0451. The first-order chi connectivity index (χ1) is 21.4. The quantitative estimate of drug-likeness (QED) is 0.181. The van der Waals surface area contributed by atoms with Crippen LogP contribution in [-0.4, -0.2) is 11.7 Å². The van der Waals surface area contributed by atoms with Crippen molar-refractivity contribution in [2.24, 2.45) is 4.99 Å². The summed E-state index contributed by atoms with van der Waals surface area (Å²) in [5.74, 6) is 0.590. The molecule has 0 saturated heterocycles. The number of ether oxygens (including phenoxy) is 2. The number of hydrogen-bond donors (Lipinski definition) is 0. The maximum absolute atomic E-state index is 14.2. The van der Waals surface area contributed by atoms with E-state index in [0.29, 0.717) is 30.9 Å². The molecule has 5 nitrogen and oxygen atoms in total. The highest BCUT2D eigenvalue weighted by Crippen LogP contribution is 2.41. The second-order valence-corrected chi connectivity index (χ2v) is 13.4. The van der Waals surface area contributed by atoms with Crippen LogP contribution in [-0.2, 0) is 13.0 Å². The topological polar surface area (TPSA) is 52.8 Å². The molecule has 0 N–H and O–H groups in total. The summed E-state index contributed by atoms with van der Waals surface area (Å²) in [7, 11) is 1.55. The van der Waals surface area contributed by atoms with Gasteiger partial charge in [-0.05, 0) is 87.4 Å². The molecule has 0 unspecified atom stereocenters. The molecule has 7 rings (SSSR count). The zero-order valence-corrected chi connectivity index (χ0v) is 27.5. The van der Waals surface area contributed by atoms with Gasteiger partial charge in [0.25, 0.3) is 5.56 Å². The maximum atomic E-state index is 14.2. The van der Waals surface area contributed by atoms with Gasteiger partial charge in [-0.15, -0.1) is 0 Å². The van der Waals surface area contributed by atoms with Gasteiger partial charge in [0.15, 0.2) is 16.3 Å². The third-order valence-corrected chi connectivity index (χ3v) is 10.0. The van der Waals surface area contributed by atoms with E-state index in [1.54, 1.807) is 25.3 Å². The van der Waals surface area contributed by atoms with Crippen LogP contribution in [0.2, 0.25) is 0 Å². The molecule has 0 spiro atoms. The van der Waals surface area contributed by atoms with Gasteiger partial charge < -0.3 is 9.47 Å². The number of benzene rings is 4. The van der Waals surface area contributed by atoms with Crippen LogP contribution in [0.25, 0.3) is 11.8 Å². The Balaban J connectivity index is 1.33. The predicted molar refractivity (Wildman–Crippen MR) is 178 cm³/mol. The first-order valence-electron chi connectivity index (χ1n) is 14.0. The summed E-state index contributed by atoms with van der Waals surface area (Å²) >= 11 is 8.52. The van der Waals surface area contributed by atoms with Crippen LogP contribution >= 0.6 is 43.2 Å². The highest BCUT2D eigenvalue weighted by atomic mass is 79.9. The number of nitrogens with zero attached hydrogens (tertiary/aromatic N) is 2. The number of fused-ring (bicyclic) bond motifs is 3. The van der Waals surface area contributed by atoms with Crippen molar-refractivity contribution >= 4 is 55.0 Å². The molecule has 4 aromatic carbocycles. The highest BCUT2D eigenvalue weighted by molar-refractivity contribution is 9.10. The lowest BCUT2D eigenvalue weighted by Crippen LogP contribution is -2.38. The second-order valence-electron chi connectivity index (χ2n) is 10.6. The molecule has 1 aromatic heterocycles. The van der Waals surface area contributed by atoms with Crippen molar-refractivity contribution in [3.8, 4) is 11.5 Å². The second kappa shape index (κ2) is 12.0. The summed E-state index contributed by atoms with van der Waals surface area (Å²) in [6.07, 6.45) is 3.59. The van der Waals surface area contributed by atoms with Crippen LogP contribution in [0.4, 0.5) is 4.39 Å². The number of methoxy groups -OCH3 is 1. The third-order valence-electron chi connectivity index (χ3n) is 7.94. The lowest BCUT2D eigenvalue weighted by molar-refractivity contribution is 0.278. The molecule has 1 atom stereocenters. The van der Waals surface area contributed by atoms with E-state index in [4.69, 9.17) is 14.5 Å². The number of allylic oxidation sites excluding steroid dienone is 1. The average molecular weight is 732 g/mol. The first kappa shape index (κ1) is 29.0. The molecule has 0 amide bonds. The smallest absolute Gasteiger partial charge is 0.271 e. The molecule has 0 fully saturated rings. The van der Waals surface area contributed by atoms with Crippen molar-refractivity contribution in [3.63, 3.8) is 0 Å². The Kier molecular flexibility index (Phi) is 7.86. The SMILES string of the molecule is COc1cc(/C=c2\sc3n(c2=O)[C@H](c2ccc(Br)cc2)C2=C(N=3)c3ccccc3CC2)cc(Br)c1OCc1ccccc1F. The van der Waals surface area contributed by atoms with Gasteiger partial charge >= 0.3 is 0 Å². The molecule has 220 valence electrons. The van der Waals surface area contributed by atoms with Gasteiger partial charge in [0, 0.05) is 15.6 Å². The molecular formula is C35H25Br2FN2O3S. The van der Waals surface area contributed by atoms with Gasteiger partial charge in [0.2, 0.25) is 0 Å². The molecule has 44 heavy (non-hydrogen) atoms. The molecule has 0 saturated carbocycles. The Bertz CT molecular complexity index is 2140. The predicted octanol–water partition coefficient (Wildman–Crippen LogP) is 7.57. The molecule has 0 bridgehead atoms. The van der Waals surface area contributed by atoms with Crippen LogP contribution in [0, 0.1) is 5.82 Å². The Morgan fingerprint density at radius 1 is 1.02 bits per heavy atom. The Labute approximate surface area is 273 Å². The van der Waals surface area contributed by atoms with Gasteiger partial charge in [-0.25, -0.2) is 9.38 Å². The van der Waals surface area contributed by atoms with Gasteiger partial charge in [-0.1, -0.05) is 81.9 Å². The van der Waals surface area contributed by atoms with E-state index in [9.17, 15) is 9.18 Å². The molecule has 1 aliphatic heterocycles. The van der Waals surface area contributed by atoms with Crippen LogP contribution < -0.4 is 24.4 Å². The van der Waals surface area contributed by atoms with Crippen molar-refractivity contribution in [2.45, 2.75) is 25.5 Å². The lowest BCUT2D eigenvalue weighted by Gasteiger charge is -2.30. The summed E-state index contributed by atoms with van der Waals surface area (Å²) < 4.78 is 29.8. The number of rotatable bonds is 6. The third kappa shape index (κ3) is 5.27. The van der Waals surface area contributed by atoms with Crippen molar-refractivity contribution in [1.82, 2.24) is 4.57 Å². The standard InChI is InChI=1S/C35H25Br2FN2O3S/c1-42-29-17-20(16-27(37)33(29)43-19-23-7-3-5-9-28(23)38)18-30-34(41)40-32(22-10-13-24(36)14-11-22)26-15-12-21-6-2-4-8-25(21)31(26)39-35(40)44-30/h2-11,13-14,16-18,32H,12,15,19H2,1H3/b30-18-/t32-/m1/s1. The summed E-state index contributed by atoms with van der Waals surface area (Å²) in [6.45, 7) is 0.0451.